The largest absolute Gasteiger partial charge is 0.459 e. The van der Waals surface area contributed by atoms with Gasteiger partial charge in [0, 0.05) is 0 Å². The summed E-state index contributed by atoms with van der Waals surface area (Å²) in [5.41, 5.74) is -1.18. The van der Waals surface area contributed by atoms with Crippen LogP contribution in [-0.2, 0) is 19.6 Å². The highest BCUT2D eigenvalue weighted by molar-refractivity contribution is 7.85. The molecule has 0 aromatic rings. The van der Waals surface area contributed by atoms with Gasteiger partial charge < -0.3 is 4.74 Å². The zero-order valence-electron chi connectivity index (χ0n) is 9.41. The molecule has 0 aliphatic carbocycles. The molecule has 1 unspecified atom stereocenters. The molecule has 0 fully saturated rings. The monoisotopic (exact) mass is 278 g/mol. The van der Waals surface area contributed by atoms with Gasteiger partial charge in [-0.15, -0.1) is 0 Å². The maximum Gasteiger partial charge on any atom is 0.403 e. The van der Waals surface area contributed by atoms with Crippen LogP contribution in [0, 0.1) is 5.92 Å². The van der Waals surface area contributed by atoms with Crippen LogP contribution in [0.25, 0.3) is 0 Å². The molecule has 1 atom stereocenters. The summed E-state index contributed by atoms with van der Waals surface area (Å²) in [6.07, 6.45) is -5.10. The Bertz CT molecular complexity index is 379. The number of hydrogen-bond donors (Lipinski definition) is 1. The molecule has 0 rings (SSSR count). The van der Waals surface area contributed by atoms with Crippen molar-refractivity contribution in [1.82, 2.24) is 0 Å². The summed E-state index contributed by atoms with van der Waals surface area (Å²) in [7, 11) is -4.93. The molecule has 0 saturated carbocycles. The number of alkyl halides is 3. The SMILES string of the molecule is CC(C)(C)OC(=O)C(CS(=O)(=O)O)C(F)(F)F. The molecule has 0 heterocycles. The second-order valence-corrected chi connectivity index (χ2v) is 5.87. The molecule has 0 radical (unpaired) electrons. The predicted molar refractivity (Wildman–Crippen MR) is 51.8 cm³/mol. The summed E-state index contributed by atoms with van der Waals surface area (Å²) in [6, 6.07) is 0. The van der Waals surface area contributed by atoms with E-state index in [4.69, 9.17) is 4.55 Å². The van der Waals surface area contributed by atoms with Crippen LogP contribution in [0.5, 0.6) is 0 Å². The third-order valence-corrected chi connectivity index (χ3v) is 2.22. The van der Waals surface area contributed by atoms with Crippen molar-refractivity contribution in [1.29, 1.82) is 0 Å². The lowest BCUT2D eigenvalue weighted by Gasteiger charge is -2.24. The van der Waals surface area contributed by atoms with Crippen molar-refractivity contribution in [2.24, 2.45) is 5.92 Å². The summed E-state index contributed by atoms with van der Waals surface area (Å²) in [6.45, 7) is 4.02. The molecule has 102 valence electrons. The third kappa shape index (κ3) is 7.16. The quantitative estimate of drug-likeness (QED) is 0.623. The minimum Gasteiger partial charge on any atom is -0.459 e. The van der Waals surface area contributed by atoms with E-state index in [9.17, 15) is 26.4 Å². The van der Waals surface area contributed by atoms with Gasteiger partial charge in [0.05, 0.1) is 5.75 Å². The number of rotatable bonds is 3. The molecule has 0 bridgehead atoms. The fraction of sp³-hybridized carbons (Fsp3) is 0.875. The molecule has 0 spiro atoms. The Hall–Kier alpha value is -0.830. The Morgan fingerprint density at radius 1 is 1.29 bits per heavy atom. The highest BCUT2D eigenvalue weighted by Crippen LogP contribution is 2.29. The molecular weight excluding hydrogens is 265 g/mol. The molecule has 17 heavy (non-hydrogen) atoms. The molecule has 5 nitrogen and oxygen atoms in total. The first-order valence-corrected chi connectivity index (χ1v) is 6.08. The third-order valence-electron chi connectivity index (χ3n) is 1.46. The van der Waals surface area contributed by atoms with Gasteiger partial charge in [0.25, 0.3) is 10.1 Å². The summed E-state index contributed by atoms with van der Waals surface area (Å²) in [4.78, 5) is 11.2. The lowest BCUT2D eigenvalue weighted by molar-refractivity contribution is -0.200. The number of carbonyl (C=O) groups is 1. The molecular formula is C8H13F3O5S. The Labute approximate surface area is 96.7 Å². The van der Waals surface area contributed by atoms with Crippen LogP contribution in [0.1, 0.15) is 20.8 Å². The average Bonchev–Trinajstić information content (AvgIpc) is 1.92. The molecule has 0 amide bonds. The van der Waals surface area contributed by atoms with E-state index in [0.717, 1.165) is 0 Å². The van der Waals surface area contributed by atoms with E-state index < -0.39 is 39.5 Å². The summed E-state index contributed by atoms with van der Waals surface area (Å²) < 4.78 is 70.8. The zero-order valence-corrected chi connectivity index (χ0v) is 10.2. The van der Waals surface area contributed by atoms with Crippen LogP contribution in [-0.4, -0.2) is 36.5 Å². The average molecular weight is 278 g/mol. The van der Waals surface area contributed by atoms with Gasteiger partial charge in [-0.2, -0.15) is 21.6 Å². The Morgan fingerprint density at radius 3 is 1.94 bits per heavy atom. The maximum absolute atomic E-state index is 12.4. The van der Waals surface area contributed by atoms with Crippen molar-refractivity contribution in [3.05, 3.63) is 0 Å². The van der Waals surface area contributed by atoms with Gasteiger partial charge in [-0.25, -0.2) is 0 Å². The number of esters is 1. The van der Waals surface area contributed by atoms with Gasteiger partial charge in [0.1, 0.15) is 5.60 Å². The minimum atomic E-state index is -5.10. The van der Waals surface area contributed by atoms with Gasteiger partial charge in [-0.05, 0) is 20.8 Å². The fourth-order valence-electron chi connectivity index (χ4n) is 0.880. The van der Waals surface area contributed by atoms with Gasteiger partial charge in [0.15, 0.2) is 5.92 Å². The van der Waals surface area contributed by atoms with Gasteiger partial charge >= 0.3 is 12.1 Å². The van der Waals surface area contributed by atoms with E-state index in [1.807, 2.05) is 0 Å². The van der Waals surface area contributed by atoms with Gasteiger partial charge in [-0.1, -0.05) is 0 Å². The first kappa shape index (κ1) is 16.2. The van der Waals surface area contributed by atoms with Crippen LogP contribution in [0.2, 0.25) is 0 Å². The second kappa shape index (κ2) is 4.81. The van der Waals surface area contributed by atoms with E-state index in [1.165, 1.54) is 20.8 Å². The van der Waals surface area contributed by atoms with E-state index in [-0.39, 0.29) is 0 Å². The number of halogens is 3. The van der Waals surface area contributed by atoms with Gasteiger partial charge in [0.2, 0.25) is 0 Å². The summed E-state index contributed by atoms with van der Waals surface area (Å²) in [5, 5.41) is 0. The van der Waals surface area contributed by atoms with Crippen molar-refractivity contribution in [3.63, 3.8) is 0 Å². The molecule has 9 heteroatoms. The normalized spacial score (nSPS) is 15.5. The Kier molecular flexibility index (Phi) is 4.57. The van der Waals surface area contributed by atoms with Gasteiger partial charge in [-0.3, -0.25) is 9.35 Å². The minimum absolute atomic E-state index is 1.18. The lowest BCUT2D eigenvalue weighted by atomic mass is 10.1. The van der Waals surface area contributed by atoms with Crippen LogP contribution >= 0.6 is 0 Å². The smallest absolute Gasteiger partial charge is 0.403 e. The van der Waals surface area contributed by atoms with Crippen molar-refractivity contribution < 1.29 is 35.7 Å². The summed E-state index contributed by atoms with van der Waals surface area (Å²) in [5.74, 6) is -6.37. The molecule has 0 aliphatic rings. The van der Waals surface area contributed by atoms with Crippen LogP contribution < -0.4 is 0 Å². The predicted octanol–water partition coefficient (Wildman–Crippen LogP) is 1.39. The van der Waals surface area contributed by atoms with E-state index >= 15 is 0 Å². The first-order chi connectivity index (χ1) is 7.22. The van der Waals surface area contributed by atoms with Crippen molar-refractivity contribution in [3.8, 4) is 0 Å². The Balaban J connectivity index is 5.03. The molecule has 0 aliphatic heterocycles. The van der Waals surface area contributed by atoms with Crippen LogP contribution in [0.15, 0.2) is 0 Å². The van der Waals surface area contributed by atoms with E-state index in [1.54, 1.807) is 0 Å². The van der Waals surface area contributed by atoms with Crippen molar-refractivity contribution in [2.45, 2.75) is 32.5 Å². The fourth-order valence-corrected chi connectivity index (χ4v) is 1.63. The van der Waals surface area contributed by atoms with Crippen LogP contribution in [0.3, 0.4) is 0 Å². The highest BCUT2D eigenvalue weighted by atomic mass is 32.2. The number of carbonyl (C=O) groups excluding carboxylic acids is 1. The van der Waals surface area contributed by atoms with Crippen LogP contribution in [0.4, 0.5) is 13.2 Å². The number of ether oxygens (including phenoxy) is 1. The summed E-state index contributed by atoms with van der Waals surface area (Å²) >= 11 is 0. The maximum atomic E-state index is 12.4. The highest BCUT2D eigenvalue weighted by Gasteiger charge is 2.49. The lowest BCUT2D eigenvalue weighted by Crippen LogP contribution is -2.40. The molecule has 0 saturated heterocycles. The Morgan fingerprint density at radius 2 is 1.71 bits per heavy atom. The van der Waals surface area contributed by atoms with E-state index in [2.05, 4.69) is 4.74 Å². The second-order valence-electron chi connectivity index (χ2n) is 4.38. The van der Waals surface area contributed by atoms with Crippen molar-refractivity contribution in [2.75, 3.05) is 5.75 Å². The van der Waals surface area contributed by atoms with E-state index in [0.29, 0.717) is 0 Å². The first-order valence-electron chi connectivity index (χ1n) is 4.47. The topological polar surface area (TPSA) is 80.7 Å². The molecule has 0 aromatic carbocycles. The molecule has 1 N–H and O–H groups in total. The number of hydrogen-bond acceptors (Lipinski definition) is 4. The standard InChI is InChI=1S/C8H13F3O5S/c1-7(2,3)16-6(12)5(8(9,10)11)4-17(13,14)15/h5H,4H2,1-3H3,(H,13,14,15). The van der Waals surface area contributed by atoms with Crippen molar-refractivity contribution >= 4 is 16.1 Å². The zero-order chi connectivity index (χ0) is 14.1. The molecule has 0 aromatic heterocycles.